The van der Waals surface area contributed by atoms with E-state index in [0.29, 0.717) is 12.0 Å². The highest BCUT2D eigenvalue weighted by atomic mass is 16.4. The molecule has 0 aliphatic heterocycles. The summed E-state index contributed by atoms with van der Waals surface area (Å²) in [7, 11) is 0. The number of carboxylic acid groups (broad SMARTS) is 1. The lowest BCUT2D eigenvalue weighted by Gasteiger charge is -2.11. The molecule has 16 heavy (non-hydrogen) atoms. The summed E-state index contributed by atoms with van der Waals surface area (Å²) in [5.74, 6) is -1.77. The van der Waals surface area contributed by atoms with Crippen LogP contribution in [0.5, 0.6) is 11.5 Å². The van der Waals surface area contributed by atoms with Crippen molar-refractivity contribution >= 4 is 12.4 Å². The van der Waals surface area contributed by atoms with E-state index in [-0.39, 0.29) is 17.9 Å². The molecule has 0 saturated carbocycles. The van der Waals surface area contributed by atoms with Gasteiger partial charge in [-0.25, -0.2) is 4.79 Å². The van der Waals surface area contributed by atoms with Gasteiger partial charge in [0.2, 0.25) is 6.41 Å². The zero-order chi connectivity index (χ0) is 12.1. The lowest BCUT2D eigenvalue weighted by molar-refractivity contribution is -0.140. The second-order valence-electron chi connectivity index (χ2n) is 3.20. The molecule has 1 aromatic rings. The summed E-state index contributed by atoms with van der Waals surface area (Å²) < 4.78 is 0. The first-order valence-electron chi connectivity index (χ1n) is 4.48. The van der Waals surface area contributed by atoms with Gasteiger partial charge in [0.1, 0.15) is 6.04 Å². The Kier molecular flexibility index (Phi) is 3.71. The number of rotatable bonds is 5. The van der Waals surface area contributed by atoms with Crippen molar-refractivity contribution in [3.05, 3.63) is 23.8 Å². The van der Waals surface area contributed by atoms with Crippen LogP contribution in [-0.4, -0.2) is 33.7 Å². The lowest BCUT2D eigenvalue weighted by Crippen LogP contribution is -2.37. The molecule has 1 rings (SSSR count). The molecule has 0 fully saturated rings. The second-order valence-corrected chi connectivity index (χ2v) is 3.20. The summed E-state index contributed by atoms with van der Waals surface area (Å²) in [6.07, 6.45) is 0.334. The smallest absolute Gasteiger partial charge is 0.326 e. The van der Waals surface area contributed by atoms with Gasteiger partial charge in [-0.15, -0.1) is 0 Å². The number of carbonyl (C=O) groups is 2. The summed E-state index contributed by atoms with van der Waals surface area (Å²) in [6, 6.07) is 2.92. The molecule has 1 atom stereocenters. The zero-order valence-electron chi connectivity index (χ0n) is 8.25. The number of aromatic hydroxyl groups is 2. The SMILES string of the molecule is O=CN[C@@H](Cc1ccc(O)c(O)c1)C(=O)O. The Morgan fingerprint density at radius 3 is 2.56 bits per heavy atom. The molecular formula is C10H11NO5. The number of nitrogens with one attached hydrogen (secondary N) is 1. The molecule has 0 aliphatic rings. The summed E-state index contributed by atoms with van der Waals surface area (Å²) >= 11 is 0. The quantitative estimate of drug-likeness (QED) is 0.411. The molecule has 0 heterocycles. The highest BCUT2D eigenvalue weighted by Crippen LogP contribution is 2.25. The van der Waals surface area contributed by atoms with Crippen molar-refractivity contribution in [2.24, 2.45) is 0 Å². The maximum absolute atomic E-state index is 10.7. The Morgan fingerprint density at radius 2 is 2.06 bits per heavy atom. The van der Waals surface area contributed by atoms with Crippen LogP contribution < -0.4 is 5.32 Å². The molecule has 0 unspecified atom stereocenters. The van der Waals surface area contributed by atoms with Gasteiger partial charge in [-0.3, -0.25) is 4.79 Å². The van der Waals surface area contributed by atoms with E-state index in [2.05, 4.69) is 5.32 Å². The first-order valence-corrected chi connectivity index (χ1v) is 4.48. The van der Waals surface area contributed by atoms with Crippen LogP contribution in [0.1, 0.15) is 5.56 Å². The summed E-state index contributed by atoms with van der Waals surface area (Å²) in [6.45, 7) is 0. The predicted octanol–water partition coefficient (Wildman–Crippen LogP) is -0.161. The lowest BCUT2D eigenvalue weighted by atomic mass is 10.1. The van der Waals surface area contributed by atoms with Crippen LogP contribution in [0.4, 0.5) is 0 Å². The highest BCUT2D eigenvalue weighted by molar-refractivity contribution is 5.76. The zero-order valence-corrected chi connectivity index (χ0v) is 8.25. The normalized spacial score (nSPS) is 11.8. The first-order chi connectivity index (χ1) is 7.54. The molecule has 0 aliphatic carbocycles. The average molecular weight is 225 g/mol. The third-order valence-electron chi connectivity index (χ3n) is 2.05. The van der Waals surface area contributed by atoms with E-state index in [1.165, 1.54) is 18.2 Å². The Hall–Kier alpha value is -2.24. The van der Waals surface area contributed by atoms with Crippen molar-refractivity contribution in [3.63, 3.8) is 0 Å². The molecule has 1 aromatic carbocycles. The van der Waals surface area contributed by atoms with Gasteiger partial charge in [0, 0.05) is 6.42 Å². The van der Waals surface area contributed by atoms with Gasteiger partial charge < -0.3 is 20.6 Å². The maximum atomic E-state index is 10.7. The van der Waals surface area contributed by atoms with Crippen LogP contribution in [-0.2, 0) is 16.0 Å². The predicted molar refractivity (Wildman–Crippen MR) is 54.1 cm³/mol. The highest BCUT2D eigenvalue weighted by Gasteiger charge is 2.17. The van der Waals surface area contributed by atoms with E-state index >= 15 is 0 Å². The molecule has 86 valence electrons. The van der Waals surface area contributed by atoms with E-state index in [0.717, 1.165) is 0 Å². The Balaban J connectivity index is 2.81. The van der Waals surface area contributed by atoms with Crippen molar-refractivity contribution in [2.75, 3.05) is 0 Å². The van der Waals surface area contributed by atoms with Gasteiger partial charge in [0.25, 0.3) is 0 Å². The van der Waals surface area contributed by atoms with Crippen LogP contribution in [0.2, 0.25) is 0 Å². The number of phenolic OH excluding ortho intramolecular Hbond substituents is 2. The molecule has 0 spiro atoms. The summed E-state index contributed by atoms with van der Waals surface area (Å²) in [5.41, 5.74) is 0.497. The molecule has 0 bridgehead atoms. The van der Waals surface area contributed by atoms with Gasteiger partial charge in [0.15, 0.2) is 11.5 Å². The fourth-order valence-corrected chi connectivity index (χ4v) is 1.23. The number of hydrogen-bond acceptors (Lipinski definition) is 4. The first kappa shape index (κ1) is 11.8. The van der Waals surface area contributed by atoms with Gasteiger partial charge >= 0.3 is 5.97 Å². The number of hydrogen-bond donors (Lipinski definition) is 4. The van der Waals surface area contributed by atoms with Gasteiger partial charge in [-0.1, -0.05) is 6.07 Å². The number of amides is 1. The van der Waals surface area contributed by atoms with Crippen LogP contribution in [0.15, 0.2) is 18.2 Å². The largest absolute Gasteiger partial charge is 0.504 e. The van der Waals surface area contributed by atoms with Gasteiger partial charge in [-0.2, -0.15) is 0 Å². The topological polar surface area (TPSA) is 107 Å². The Bertz CT molecular complexity index is 404. The van der Waals surface area contributed by atoms with Crippen molar-refractivity contribution in [2.45, 2.75) is 12.5 Å². The van der Waals surface area contributed by atoms with Crippen molar-refractivity contribution in [1.29, 1.82) is 0 Å². The number of aliphatic carboxylic acids is 1. The standard InChI is InChI=1S/C10H11NO5/c12-5-11-7(10(15)16)3-6-1-2-8(13)9(14)4-6/h1-2,4-5,7,13-14H,3H2,(H,11,12)(H,15,16)/t7-/m0/s1. The van der Waals surface area contributed by atoms with Crippen LogP contribution in [0.3, 0.4) is 0 Å². The van der Waals surface area contributed by atoms with Gasteiger partial charge in [-0.05, 0) is 17.7 Å². The number of phenols is 2. The van der Waals surface area contributed by atoms with E-state index in [1.807, 2.05) is 0 Å². The maximum Gasteiger partial charge on any atom is 0.326 e. The minimum absolute atomic E-state index is 0.0297. The molecule has 6 heteroatoms. The van der Waals surface area contributed by atoms with Crippen molar-refractivity contribution in [1.82, 2.24) is 5.32 Å². The fraction of sp³-hybridized carbons (Fsp3) is 0.200. The number of carboxylic acids is 1. The minimum Gasteiger partial charge on any atom is -0.504 e. The molecule has 1 amide bonds. The molecule has 0 radical (unpaired) electrons. The van der Waals surface area contributed by atoms with Gasteiger partial charge in [0.05, 0.1) is 0 Å². The van der Waals surface area contributed by atoms with Crippen molar-refractivity contribution in [3.8, 4) is 11.5 Å². The van der Waals surface area contributed by atoms with E-state index in [4.69, 9.17) is 10.2 Å². The van der Waals surface area contributed by atoms with E-state index < -0.39 is 12.0 Å². The monoisotopic (exact) mass is 225 g/mol. The summed E-state index contributed by atoms with van der Waals surface area (Å²) in [4.78, 5) is 20.9. The molecule has 4 N–H and O–H groups in total. The van der Waals surface area contributed by atoms with Crippen LogP contribution in [0, 0.1) is 0 Å². The minimum atomic E-state index is -1.17. The van der Waals surface area contributed by atoms with Crippen molar-refractivity contribution < 1.29 is 24.9 Å². The second kappa shape index (κ2) is 5.01. The average Bonchev–Trinajstić information content (AvgIpc) is 2.22. The number of benzene rings is 1. The number of carbonyl (C=O) groups excluding carboxylic acids is 1. The molecular weight excluding hydrogens is 214 g/mol. The van der Waals surface area contributed by atoms with Crippen LogP contribution in [0.25, 0.3) is 0 Å². The summed E-state index contributed by atoms with van der Waals surface area (Å²) in [5, 5.41) is 29.1. The third kappa shape index (κ3) is 2.88. The molecule has 0 aromatic heterocycles. The van der Waals surface area contributed by atoms with E-state index in [9.17, 15) is 14.7 Å². The fourth-order valence-electron chi connectivity index (χ4n) is 1.23. The third-order valence-corrected chi connectivity index (χ3v) is 2.05. The Labute approximate surface area is 91.1 Å². The van der Waals surface area contributed by atoms with E-state index in [1.54, 1.807) is 0 Å². The Morgan fingerprint density at radius 1 is 1.38 bits per heavy atom. The molecule has 6 nitrogen and oxygen atoms in total. The van der Waals surface area contributed by atoms with Crippen LogP contribution >= 0.6 is 0 Å². The molecule has 0 saturated heterocycles.